The predicted molar refractivity (Wildman–Crippen MR) is 98.7 cm³/mol. The Kier molecular flexibility index (Phi) is 5.85. The van der Waals surface area contributed by atoms with Gasteiger partial charge in [-0.3, -0.25) is 14.4 Å². The molecule has 1 aliphatic heterocycles. The molecule has 1 aromatic carbocycles. The van der Waals surface area contributed by atoms with E-state index in [1.54, 1.807) is 47.2 Å². The zero-order valence-corrected chi connectivity index (χ0v) is 15.2. The molecule has 0 saturated carbocycles. The summed E-state index contributed by atoms with van der Waals surface area (Å²) in [6, 6.07) is 10.1. The van der Waals surface area contributed by atoms with Crippen molar-refractivity contribution in [2.45, 2.75) is 12.8 Å². The minimum absolute atomic E-state index is 0.0245. The molecule has 1 saturated heterocycles. The topological polar surface area (TPSA) is 95.6 Å². The van der Waals surface area contributed by atoms with Crippen molar-refractivity contribution in [1.82, 2.24) is 20.0 Å². The van der Waals surface area contributed by atoms with E-state index in [0.29, 0.717) is 56.0 Å². The van der Waals surface area contributed by atoms with Crippen LogP contribution in [0.3, 0.4) is 0 Å². The van der Waals surface area contributed by atoms with Crippen LogP contribution in [0.5, 0.6) is 5.75 Å². The van der Waals surface area contributed by atoms with Gasteiger partial charge in [0.2, 0.25) is 5.91 Å². The minimum atomic E-state index is -0.262. The molecule has 142 valence electrons. The van der Waals surface area contributed by atoms with Gasteiger partial charge in [0.25, 0.3) is 11.5 Å². The van der Waals surface area contributed by atoms with Gasteiger partial charge < -0.3 is 14.5 Å². The lowest BCUT2D eigenvalue weighted by Gasteiger charge is -2.35. The monoisotopic (exact) mass is 370 g/mol. The van der Waals surface area contributed by atoms with Crippen LogP contribution < -0.4 is 10.3 Å². The van der Waals surface area contributed by atoms with E-state index in [1.807, 2.05) is 0 Å². The lowest BCUT2D eigenvalue weighted by molar-refractivity contribution is -0.132. The molecule has 0 radical (unpaired) electrons. The van der Waals surface area contributed by atoms with Crippen LogP contribution in [0, 0.1) is 0 Å². The standard InChI is InChI=1S/C19H22N4O4/c1-27-16-4-2-3-14(13-16)19(26)23-11-9-22(10-12-23)18(25)8-6-15-5-7-17(24)21-20-15/h2-5,7,13H,6,8-12H2,1H3,(H,21,24). The van der Waals surface area contributed by atoms with Crippen LogP contribution in [0.1, 0.15) is 22.5 Å². The van der Waals surface area contributed by atoms with Crippen molar-refractivity contribution in [2.75, 3.05) is 33.3 Å². The summed E-state index contributed by atoms with van der Waals surface area (Å²) in [6.07, 6.45) is 0.793. The van der Waals surface area contributed by atoms with Gasteiger partial charge in [0.15, 0.2) is 0 Å². The van der Waals surface area contributed by atoms with Gasteiger partial charge in [-0.1, -0.05) is 6.07 Å². The summed E-state index contributed by atoms with van der Waals surface area (Å²) in [5.41, 5.74) is 0.995. The molecule has 0 atom stereocenters. The van der Waals surface area contributed by atoms with Crippen molar-refractivity contribution in [3.8, 4) is 5.75 Å². The Labute approximate surface area is 156 Å². The zero-order valence-electron chi connectivity index (χ0n) is 15.2. The van der Waals surface area contributed by atoms with Gasteiger partial charge in [-0.25, -0.2) is 5.10 Å². The van der Waals surface area contributed by atoms with E-state index in [4.69, 9.17) is 4.74 Å². The molecule has 3 rings (SSSR count). The molecule has 27 heavy (non-hydrogen) atoms. The number of aromatic amines is 1. The van der Waals surface area contributed by atoms with Crippen molar-refractivity contribution in [3.63, 3.8) is 0 Å². The Morgan fingerprint density at radius 2 is 1.85 bits per heavy atom. The second kappa shape index (κ2) is 8.48. The fourth-order valence-corrected chi connectivity index (χ4v) is 3.00. The first kappa shape index (κ1) is 18.6. The molecular weight excluding hydrogens is 348 g/mol. The smallest absolute Gasteiger partial charge is 0.264 e. The van der Waals surface area contributed by atoms with Gasteiger partial charge in [-0.15, -0.1) is 0 Å². The maximum absolute atomic E-state index is 12.6. The molecule has 2 amide bonds. The maximum atomic E-state index is 12.6. The van der Waals surface area contributed by atoms with Crippen LogP contribution in [0.4, 0.5) is 0 Å². The average Bonchev–Trinajstić information content (AvgIpc) is 2.72. The highest BCUT2D eigenvalue weighted by molar-refractivity contribution is 5.94. The number of amides is 2. The highest BCUT2D eigenvalue weighted by Crippen LogP contribution is 2.16. The molecule has 1 N–H and O–H groups in total. The number of carbonyl (C=O) groups excluding carboxylic acids is 2. The van der Waals surface area contributed by atoms with Gasteiger partial charge in [0, 0.05) is 50.7 Å². The van der Waals surface area contributed by atoms with E-state index in [-0.39, 0.29) is 17.4 Å². The summed E-state index contributed by atoms with van der Waals surface area (Å²) in [5.74, 6) is 0.612. The number of hydrogen-bond donors (Lipinski definition) is 1. The summed E-state index contributed by atoms with van der Waals surface area (Å²) >= 11 is 0. The van der Waals surface area contributed by atoms with Crippen molar-refractivity contribution in [3.05, 3.63) is 58.0 Å². The van der Waals surface area contributed by atoms with Gasteiger partial charge in [0.05, 0.1) is 12.8 Å². The number of piperazine rings is 1. The molecule has 0 bridgehead atoms. The second-order valence-electron chi connectivity index (χ2n) is 6.32. The van der Waals surface area contributed by atoms with Gasteiger partial charge in [-0.2, -0.15) is 5.10 Å². The number of methoxy groups -OCH3 is 1. The largest absolute Gasteiger partial charge is 0.497 e. The number of benzene rings is 1. The third-order valence-corrected chi connectivity index (χ3v) is 4.57. The quantitative estimate of drug-likeness (QED) is 0.836. The van der Waals surface area contributed by atoms with E-state index >= 15 is 0 Å². The van der Waals surface area contributed by atoms with Crippen LogP contribution >= 0.6 is 0 Å². The lowest BCUT2D eigenvalue weighted by Crippen LogP contribution is -2.50. The highest BCUT2D eigenvalue weighted by Gasteiger charge is 2.24. The number of aromatic nitrogens is 2. The fraction of sp³-hybridized carbons (Fsp3) is 0.368. The number of aryl methyl sites for hydroxylation is 1. The molecule has 1 aliphatic rings. The predicted octanol–water partition coefficient (Wildman–Crippen LogP) is 0.696. The van der Waals surface area contributed by atoms with Crippen molar-refractivity contribution >= 4 is 11.8 Å². The normalized spacial score (nSPS) is 14.1. The minimum Gasteiger partial charge on any atom is -0.497 e. The summed E-state index contributed by atoms with van der Waals surface area (Å²) < 4.78 is 5.16. The fourth-order valence-electron chi connectivity index (χ4n) is 3.00. The molecular formula is C19H22N4O4. The van der Waals surface area contributed by atoms with Crippen molar-refractivity contribution < 1.29 is 14.3 Å². The number of hydrogen-bond acceptors (Lipinski definition) is 5. The van der Waals surface area contributed by atoms with E-state index in [2.05, 4.69) is 10.2 Å². The molecule has 2 heterocycles. The molecule has 2 aromatic rings. The number of ether oxygens (including phenoxy) is 1. The van der Waals surface area contributed by atoms with Crippen LogP contribution in [0.25, 0.3) is 0 Å². The summed E-state index contributed by atoms with van der Waals surface area (Å²) in [4.78, 5) is 39.5. The van der Waals surface area contributed by atoms with E-state index < -0.39 is 0 Å². The van der Waals surface area contributed by atoms with E-state index in [1.165, 1.54) is 6.07 Å². The number of H-pyrrole nitrogens is 1. The molecule has 0 unspecified atom stereocenters. The first-order chi connectivity index (χ1) is 13.1. The zero-order chi connectivity index (χ0) is 19.2. The summed E-state index contributed by atoms with van der Waals surface area (Å²) in [6.45, 7) is 2.01. The maximum Gasteiger partial charge on any atom is 0.264 e. The first-order valence-corrected chi connectivity index (χ1v) is 8.82. The third-order valence-electron chi connectivity index (χ3n) is 4.57. The second-order valence-corrected chi connectivity index (χ2v) is 6.32. The summed E-state index contributed by atoms with van der Waals surface area (Å²) in [5, 5.41) is 6.27. The van der Waals surface area contributed by atoms with Gasteiger partial charge >= 0.3 is 0 Å². The van der Waals surface area contributed by atoms with Crippen LogP contribution in [0.2, 0.25) is 0 Å². The number of carbonyl (C=O) groups is 2. The van der Waals surface area contributed by atoms with Crippen LogP contribution in [0.15, 0.2) is 41.2 Å². The first-order valence-electron chi connectivity index (χ1n) is 8.82. The average molecular weight is 370 g/mol. The van der Waals surface area contributed by atoms with Crippen molar-refractivity contribution in [2.24, 2.45) is 0 Å². The van der Waals surface area contributed by atoms with Gasteiger partial charge in [-0.05, 0) is 24.3 Å². The number of rotatable bonds is 5. The van der Waals surface area contributed by atoms with E-state index in [0.717, 1.165) is 0 Å². The molecule has 8 heteroatoms. The van der Waals surface area contributed by atoms with Crippen LogP contribution in [-0.4, -0.2) is 65.1 Å². The number of nitrogens with one attached hydrogen (secondary N) is 1. The molecule has 0 aliphatic carbocycles. The molecule has 0 spiro atoms. The number of nitrogens with zero attached hydrogens (tertiary/aromatic N) is 3. The molecule has 1 fully saturated rings. The Balaban J connectivity index is 1.50. The van der Waals surface area contributed by atoms with Gasteiger partial charge in [0.1, 0.15) is 5.75 Å². The lowest BCUT2D eigenvalue weighted by atomic mass is 10.1. The molecule has 8 nitrogen and oxygen atoms in total. The van der Waals surface area contributed by atoms with Crippen LogP contribution in [-0.2, 0) is 11.2 Å². The van der Waals surface area contributed by atoms with E-state index in [9.17, 15) is 14.4 Å². The Morgan fingerprint density at radius 3 is 2.52 bits per heavy atom. The Hall–Kier alpha value is -3.16. The third kappa shape index (κ3) is 4.72. The Morgan fingerprint density at radius 1 is 1.11 bits per heavy atom. The SMILES string of the molecule is COc1cccc(C(=O)N2CCN(C(=O)CCc3ccc(=O)[nH]n3)CC2)c1. The summed E-state index contributed by atoms with van der Waals surface area (Å²) in [7, 11) is 1.57. The molecule has 1 aromatic heterocycles. The highest BCUT2D eigenvalue weighted by atomic mass is 16.5. The Bertz CT molecular complexity index is 852. The van der Waals surface area contributed by atoms with Crippen molar-refractivity contribution in [1.29, 1.82) is 0 Å².